The number of carbonyl (C=O) groups is 1. The molecule has 0 fully saturated rings. The predicted molar refractivity (Wildman–Crippen MR) is 109 cm³/mol. The highest BCUT2D eigenvalue weighted by atomic mass is 16.5. The Bertz CT molecular complexity index is 1030. The van der Waals surface area contributed by atoms with E-state index in [1.54, 1.807) is 31.3 Å². The van der Waals surface area contributed by atoms with Gasteiger partial charge in [-0.25, -0.2) is 0 Å². The molecule has 0 saturated carbocycles. The normalized spacial score (nSPS) is 10.6. The summed E-state index contributed by atoms with van der Waals surface area (Å²) in [5, 5.41) is 2.81. The molecule has 4 nitrogen and oxygen atoms in total. The number of anilines is 1. The van der Waals surface area contributed by atoms with Gasteiger partial charge in [-0.1, -0.05) is 48.5 Å². The second kappa shape index (κ2) is 8.63. The van der Waals surface area contributed by atoms with Gasteiger partial charge in [0, 0.05) is 7.05 Å². The van der Waals surface area contributed by atoms with Crippen LogP contribution >= 0.6 is 0 Å². The average Bonchev–Trinajstić information content (AvgIpc) is 2.88. The van der Waals surface area contributed by atoms with Gasteiger partial charge in [0.1, 0.15) is 11.5 Å². The molecule has 3 aromatic rings. The van der Waals surface area contributed by atoms with Gasteiger partial charge in [-0.15, -0.1) is 0 Å². The third-order valence-electron chi connectivity index (χ3n) is 3.93. The van der Waals surface area contributed by atoms with Crippen LogP contribution in [0.3, 0.4) is 0 Å². The summed E-state index contributed by atoms with van der Waals surface area (Å²) >= 11 is 0. The lowest BCUT2D eigenvalue weighted by Crippen LogP contribution is -2.14. The molecule has 0 aliphatic rings. The number of rotatable bonds is 6. The van der Waals surface area contributed by atoms with Crippen LogP contribution in [-0.4, -0.2) is 12.8 Å². The first-order valence-corrected chi connectivity index (χ1v) is 8.54. The van der Waals surface area contributed by atoms with Gasteiger partial charge in [-0.2, -0.15) is 0 Å². The Morgan fingerprint density at radius 3 is 2.37 bits per heavy atom. The number of ketones is 1. The van der Waals surface area contributed by atoms with Gasteiger partial charge in [0.2, 0.25) is 5.43 Å². The number of para-hydroxylation sites is 1. The van der Waals surface area contributed by atoms with Gasteiger partial charge in [0.25, 0.3) is 0 Å². The zero-order valence-electron chi connectivity index (χ0n) is 14.9. The van der Waals surface area contributed by atoms with E-state index in [0.29, 0.717) is 11.4 Å². The smallest absolute Gasteiger partial charge is 0.212 e. The third kappa shape index (κ3) is 4.70. The topological polar surface area (TPSA) is 55.4 Å². The lowest BCUT2D eigenvalue weighted by atomic mass is 10.1. The highest BCUT2D eigenvalue weighted by Gasteiger charge is 2.08. The van der Waals surface area contributed by atoms with E-state index in [1.165, 1.54) is 12.1 Å². The van der Waals surface area contributed by atoms with E-state index in [4.69, 9.17) is 4.74 Å². The summed E-state index contributed by atoms with van der Waals surface area (Å²) < 4.78 is 5.80. The molecule has 0 heterocycles. The van der Waals surface area contributed by atoms with E-state index in [9.17, 15) is 9.59 Å². The van der Waals surface area contributed by atoms with Crippen LogP contribution in [0.5, 0.6) is 11.5 Å². The van der Waals surface area contributed by atoms with Crippen molar-refractivity contribution in [2.45, 2.75) is 0 Å². The molecule has 0 aliphatic carbocycles. The van der Waals surface area contributed by atoms with E-state index >= 15 is 0 Å². The molecule has 0 bridgehead atoms. The highest BCUT2D eigenvalue weighted by molar-refractivity contribution is 6.07. The summed E-state index contributed by atoms with van der Waals surface area (Å²) in [7, 11) is 1.65. The first kappa shape index (κ1) is 18.1. The fourth-order valence-corrected chi connectivity index (χ4v) is 2.56. The van der Waals surface area contributed by atoms with Crippen LogP contribution in [-0.2, 0) is 0 Å². The van der Waals surface area contributed by atoms with Crippen molar-refractivity contribution in [3.05, 3.63) is 106 Å². The van der Waals surface area contributed by atoms with Crippen LogP contribution in [0.1, 0.15) is 15.9 Å². The number of benzene rings is 2. The second-order valence-corrected chi connectivity index (χ2v) is 5.81. The lowest BCUT2D eigenvalue weighted by molar-refractivity contribution is 0.104. The molecule has 0 aromatic heterocycles. The van der Waals surface area contributed by atoms with Gasteiger partial charge < -0.3 is 10.1 Å². The maximum atomic E-state index is 12.5. The van der Waals surface area contributed by atoms with Crippen molar-refractivity contribution in [1.29, 1.82) is 0 Å². The van der Waals surface area contributed by atoms with Crippen molar-refractivity contribution in [1.82, 2.24) is 0 Å². The SMILES string of the molecule is CNc1ccccc(C(=O)/C=C\c2cccc(Oc3ccccc3)c2)c1=O. The standard InChI is InChI=1S/C23H19NO3/c1-24-21-13-6-5-12-20(23(21)26)22(25)15-14-17-8-7-11-19(16-17)27-18-9-3-2-4-10-18/h2-16H,1H3,(H,24,26)/b15-14-. The van der Waals surface area contributed by atoms with Crippen molar-refractivity contribution in [3.63, 3.8) is 0 Å². The zero-order valence-corrected chi connectivity index (χ0v) is 14.9. The van der Waals surface area contributed by atoms with Crippen molar-refractivity contribution < 1.29 is 9.53 Å². The molecule has 0 aliphatic heterocycles. The highest BCUT2D eigenvalue weighted by Crippen LogP contribution is 2.22. The predicted octanol–water partition coefficient (Wildman–Crippen LogP) is 4.78. The summed E-state index contributed by atoms with van der Waals surface area (Å²) in [6.45, 7) is 0. The molecular formula is C23H19NO3. The molecule has 27 heavy (non-hydrogen) atoms. The molecule has 1 N–H and O–H groups in total. The maximum absolute atomic E-state index is 12.5. The van der Waals surface area contributed by atoms with Gasteiger partial charge in [-0.05, 0) is 48.0 Å². The molecule has 0 amide bonds. The molecule has 3 aromatic carbocycles. The Hall–Kier alpha value is -3.66. The molecule has 4 heteroatoms. The Balaban J connectivity index is 1.81. The van der Waals surface area contributed by atoms with Crippen LogP contribution in [0.2, 0.25) is 0 Å². The number of nitrogens with one attached hydrogen (secondary N) is 1. The number of allylic oxidation sites excluding steroid dienone is 1. The summed E-state index contributed by atoms with van der Waals surface area (Å²) in [6.07, 6.45) is 3.07. The van der Waals surface area contributed by atoms with Crippen molar-refractivity contribution in [2.24, 2.45) is 0 Å². The van der Waals surface area contributed by atoms with E-state index in [1.807, 2.05) is 54.6 Å². The first-order chi connectivity index (χ1) is 13.2. The fraction of sp³-hybridized carbons (Fsp3) is 0.0435. The largest absolute Gasteiger partial charge is 0.457 e. The number of hydrogen-bond acceptors (Lipinski definition) is 4. The minimum atomic E-state index is -0.345. The van der Waals surface area contributed by atoms with Gasteiger partial charge >= 0.3 is 0 Å². The quantitative estimate of drug-likeness (QED) is 0.510. The lowest BCUT2D eigenvalue weighted by Gasteiger charge is -2.05. The van der Waals surface area contributed by atoms with Gasteiger partial charge in [0.15, 0.2) is 5.78 Å². The Kier molecular flexibility index (Phi) is 5.80. The van der Waals surface area contributed by atoms with Crippen molar-refractivity contribution in [3.8, 4) is 11.5 Å². The summed E-state index contributed by atoms with van der Waals surface area (Å²) in [4.78, 5) is 24.8. The molecule has 0 spiro atoms. The molecule has 134 valence electrons. The third-order valence-corrected chi connectivity index (χ3v) is 3.93. The van der Waals surface area contributed by atoms with E-state index in [0.717, 1.165) is 11.3 Å². The fourth-order valence-electron chi connectivity index (χ4n) is 2.56. The van der Waals surface area contributed by atoms with E-state index < -0.39 is 0 Å². The zero-order chi connectivity index (χ0) is 19.1. The van der Waals surface area contributed by atoms with Crippen molar-refractivity contribution in [2.75, 3.05) is 12.4 Å². The van der Waals surface area contributed by atoms with Gasteiger partial charge in [0.05, 0.1) is 11.3 Å². The Morgan fingerprint density at radius 1 is 0.889 bits per heavy atom. The molecule has 3 rings (SSSR count). The number of ether oxygens (including phenoxy) is 1. The van der Waals surface area contributed by atoms with Gasteiger partial charge in [-0.3, -0.25) is 9.59 Å². The maximum Gasteiger partial charge on any atom is 0.212 e. The molecule has 0 atom stereocenters. The van der Waals surface area contributed by atoms with Crippen LogP contribution in [0.25, 0.3) is 6.08 Å². The van der Waals surface area contributed by atoms with E-state index in [2.05, 4.69) is 5.32 Å². The van der Waals surface area contributed by atoms with Crippen LogP contribution in [0.4, 0.5) is 5.69 Å². The summed E-state index contributed by atoms with van der Waals surface area (Å²) in [6, 6.07) is 23.4. The number of carbonyl (C=O) groups excluding carboxylic acids is 1. The molecule has 0 radical (unpaired) electrons. The van der Waals surface area contributed by atoms with Crippen LogP contribution in [0, 0.1) is 0 Å². The molecule has 0 unspecified atom stereocenters. The number of hydrogen-bond donors (Lipinski definition) is 1. The monoisotopic (exact) mass is 357 g/mol. The minimum Gasteiger partial charge on any atom is -0.457 e. The summed E-state index contributed by atoms with van der Waals surface area (Å²) in [5.74, 6) is 1.06. The first-order valence-electron chi connectivity index (χ1n) is 8.54. The minimum absolute atomic E-state index is 0.122. The Morgan fingerprint density at radius 2 is 1.59 bits per heavy atom. The molecular weight excluding hydrogens is 338 g/mol. The van der Waals surface area contributed by atoms with Crippen LogP contribution in [0.15, 0.2) is 89.7 Å². The summed E-state index contributed by atoms with van der Waals surface area (Å²) in [5.41, 5.74) is 0.990. The van der Waals surface area contributed by atoms with E-state index in [-0.39, 0.29) is 16.8 Å². The van der Waals surface area contributed by atoms with Crippen molar-refractivity contribution >= 4 is 17.5 Å². The molecule has 0 saturated heterocycles. The Labute approximate surface area is 157 Å². The second-order valence-electron chi connectivity index (χ2n) is 5.81. The average molecular weight is 357 g/mol. The van der Waals surface area contributed by atoms with Crippen LogP contribution < -0.4 is 15.5 Å².